The first kappa shape index (κ1) is 21.6. The Morgan fingerprint density at radius 2 is 1.83 bits per heavy atom. The summed E-state index contributed by atoms with van der Waals surface area (Å²) in [5.74, 6) is -1.32. The second-order valence-electron chi connectivity index (χ2n) is 8.81. The maximum Gasteiger partial charge on any atom is 0.327 e. The van der Waals surface area contributed by atoms with Gasteiger partial charge in [-0.2, -0.15) is 0 Å². The van der Waals surface area contributed by atoms with Crippen molar-refractivity contribution in [1.29, 1.82) is 0 Å². The molecule has 2 aliphatic carbocycles. The van der Waals surface area contributed by atoms with Crippen molar-refractivity contribution in [2.75, 3.05) is 13.6 Å². The molecule has 0 aromatic rings. The van der Waals surface area contributed by atoms with Crippen LogP contribution in [0.2, 0.25) is 0 Å². The van der Waals surface area contributed by atoms with Gasteiger partial charge in [0.05, 0.1) is 0 Å². The number of hydrogen-bond donors (Lipinski definition) is 1. The van der Waals surface area contributed by atoms with Gasteiger partial charge in [0.1, 0.15) is 12.1 Å². The van der Waals surface area contributed by atoms with E-state index in [-0.39, 0.29) is 23.8 Å². The Labute approximate surface area is 172 Å². The summed E-state index contributed by atoms with van der Waals surface area (Å²) >= 11 is 0. The van der Waals surface area contributed by atoms with E-state index in [1.165, 1.54) is 13.3 Å². The lowest BCUT2D eigenvalue weighted by atomic mass is 9.73. The largest absolute Gasteiger partial charge is 0.451 e. The van der Waals surface area contributed by atoms with E-state index in [4.69, 9.17) is 4.74 Å². The molecule has 8 heteroatoms. The smallest absolute Gasteiger partial charge is 0.327 e. The highest BCUT2D eigenvalue weighted by Crippen LogP contribution is 2.38. The second-order valence-corrected chi connectivity index (χ2v) is 8.81. The van der Waals surface area contributed by atoms with Crippen LogP contribution in [0.5, 0.6) is 0 Å². The van der Waals surface area contributed by atoms with Crippen molar-refractivity contribution in [3.63, 3.8) is 0 Å². The number of carbonyl (C=O) groups is 4. The maximum atomic E-state index is 12.9. The van der Waals surface area contributed by atoms with Gasteiger partial charge in [0.15, 0.2) is 6.10 Å². The van der Waals surface area contributed by atoms with Gasteiger partial charge in [-0.05, 0) is 38.5 Å². The Kier molecular flexibility index (Phi) is 6.49. The number of nitrogens with one attached hydrogen (secondary N) is 1. The molecule has 0 aromatic carbocycles. The first-order valence-electron chi connectivity index (χ1n) is 10.9. The van der Waals surface area contributed by atoms with Crippen LogP contribution < -0.4 is 5.32 Å². The van der Waals surface area contributed by atoms with Gasteiger partial charge in [-0.3, -0.25) is 19.3 Å². The lowest BCUT2D eigenvalue weighted by Gasteiger charge is -2.36. The van der Waals surface area contributed by atoms with Gasteiger partial charge in [-0.15, -0.1) is 0 Å². The van der Waals surface area contributed by atoms with Crippen molar-refractivity contribution >= 4 is 23.8 Å². The molecule has 4 amide bonds. The van der Waals surface area contributed by atoms with Gasteiger partial charge in [-0.25, -0.2) is 4.79 Å². The van der Waals surface area contributed by atoms with E-state index < -0.39 is 30.2 Å². The maximum absolute atomic E-state index is 12.9. The minimum absolute atomic E-state index is 0.0263. The molecule has 8 nitrogen and oxygen atoms in total. The molecule has 162 valence electrons. The molecule has 3 rings (SSSR count). The van der Waals surface area contributed by atoms with Crippen LogP contribution in [-0.2, 0) is 19.1 Å². The molecule has 29 heavy (non-hydrogen) atoms. The van der Waals surface area contributed by atoms with E-state index in [2.05, 4.69) is 5.32 Å². The van der Waals surface area contributed by atoms with Crippen molar-refractivity contribution in [3.05, 3.63) is 0 Å². The third-order valence-corrected chi connectivity index (χ3v) is 6.91. The normalized spacial score (nSPS) is 28.9. The number of rotatable bonds is 5. The number of esters is 1. The highest BCUT2D eigenvalue weighted by Gasteiger charge is 2.55. The monoisotopic (exact) mass is 407 g/mol. The zero-order valence-electron chi connectivity index (χ0n) is 17.7. The summed E-state index contributed by atoms with van der Waals surface area (Å²) in [7, 11) is 1.74. The van der Waals surface area contributed by atoms with E-state index in [1.807, 2.05) is 6.92 Å². The van der Waals surface area contributed by atoms with Gasteiger partial charge in [0.2, 0.25) is 0 Å². The summed E-state index contributed by atoms with van der Waals surface area (Å²) in [5, 5.41) is 2.82. The minimum atomic E-state index is -0.947. The molecule has 0 bridgehead atoms. The number of amides is 4. The zero-order chi connectivity index (χ0) is 21.2. The molecule has 1 aliphatic heterocycles. The van der Waals surface area contributed by atoms with Gasteiger partial charge >= 0.3 is 12.0 Å². The summed E-state index contributed by atoms with van der Waals surface area (Å²) in [6.07, 6.45) is 7.72. The van der Waals surface area contributed by atoms with Crippen LogP contribution in [0.15, 0.2) is 0 Å². The Morgan fingerprint density at radius 3 is 2.48 bits per heavy atom. The van der Waals surface area contributed by atoms with Crippen molar-refractivity contribution in [3.8, 4) is 0 Å². The molecule has 3 aliphatic rings. The Balaban J connectivity index is 1.56. The van der Waals surface area contributed by atoms with E-state index in [0.717, 1.165) is 49.8 Å². The molecule has 1 heterocycles. The fraction of sp³-hybridized carbons (Fsp3) is 0.810. The Bertz CT molecular complexity index is 675. The predicted molar refractivity (Wildman–Crippen MR) is 106 cm³/mol. The number of urea groups is 1. The third kappa shape index (κ3) is 4.26. The number of nitrogens with zero attached hydrogens (tertiary/aromatic N) is 2. The predicted octanol–water partition coefficient (Wildman–Crippen LogP) is 2.21. The molecule has 1 N–H and O–H groups in total. The van der Waals surface area contributed by atoms with E-state index >= 15 is 0 Å². The third-order valence-electron chi connectivity index (χ3n) is 6.91. The van der Waals surface area contributed by atoms with Crippen LogP contribution in [-0.4, -0.2) is 64.9 Å². The fourth-order valence-electron chi connectivity index (χ4n) is 4.99. The second kappa shape index (κ2) is 8.71. The average molecular weight is 408 g/mol. The van der Waals surface area contributed by atoms with Crippen molar-refractivity contribution in [2.24, 2.45) is 5.92 Å². The number of ether oxygens (including phenoxy) is 1. The summed E-state index contributed by atoms with van der Waals surface area (Å²) in [6, 6.07) is -0.380. The lowest BCUT2D eigenvalue weighted by molar-refractivity contribution is -0.161. The van der Waals surface area contributed by atoms with Gasteiger partial charge in [0.25, 0.3) is 11.8 Å². The van der Waals surface area contributed by atoms with Crippen molar-refractivity contribution in [1.82, 2.24) is 15.1 Å². The molecule has 1 saturated heterocycles. The molecule has 3 atom stereocenters. The van der Waals surface area contributed by atoms with E-state index in [1.54, 1.807) is 11.9 Å². The van der Waals surface area contributed by atoms with E-state index in [9.17, 15) is 19.2 Å². The van der Waals surface area contributed by atoms with E-state index in [0.29, 0.717) is 6.42 Å². The summed E-state index contributed by atoms with van der Waals surface area (Å²) in [6.45, 7) is 3.03. The van der Waals surface area contributed by atoms with Crippen LogP contribution in [0.25, 0.3) is 0 Å². The molecule has 1 spiro atoms. The Morgan fingerprint density at radius 1 is 1.17 bits per heavy atom. The highest BCUT2D eigenvalue weighted by molar-refractivity contribution is 6.09. The number of imide groups is 1. The minimum Gasteiger partial charge on any atom is -0.451 e. The number of likely N-dealkylation sites (N-methyl/N-ethyl adjacent to an activating group) is 1. The Hall–Kier alpha value is -2.12. The molecular formula is C21H33N3O5. The van der Waals surface area contributed by atoms with Gasteiger partial charge in [0, 0.05) is 13.1 Å². The zero-order valence-corrected chi connectivity index (χ0v) is 17.7. The van der Waals surface area contributed by atoms with Crippen LogP contribution in [0.1, 0.15) is 71.6 Å². The summed E-state index contributed by atoms with van der Waals surface area (Å²) < 4.78 is 5.28. The molecule has 3 fully saturated rings. The molecule has 0 radical (unpaired) electrons. The fourth-order valence-corrected chi connectivity index (χ4v) is 4.99. The first-order chi connectivity index (χ1) is 13.8. The molecular weight excluding hydrogens is 374 g/mol. The number of hydrogen-bond acceptors (Lipinski definition) is 5. The topological polar surface area (TPSA) is 96.0 Å². The SMILES string of the molecule is C[C@H](OC(=O)CN1C(=O)N[C@]2(CCCC[C@@H]2C)C1=O)C(=O)N(C)C1CCCCC1. The standard InChI is InChI=1S/C21H33N3O5/c1-14-9-7-8-12-21(14)19(27)24(20(28)22-21)13-17(25)29-15(2)18(26)23(3)16-10-5-4-6-11-16/h14-16H,4-13H2,1-3H3,(H,22,28)/t14-,15-,21-/m0/s1. The van der Waals surface area contributed by atoms with Crippen LogP contribution in [0.4, 0.5) is 4.79 Å². The summed E-state index contributed by atoms with van der Waals surface area (Å²) in [4.78, 5) is 52.9. The first-order valence-corrected chi connectivity index (χ1v) is 10.9. The molecule has 2 saturated carbocycles. The van der Waals surface area contributed by atoms with Gasteiger partial charge in [-0.1, -0.05) is 39.0 Å². The summed E-state index contributed by atoms with van der Waals surface area (Å²) in [5.41, 5.74) is -0.905. The molecule has 0 unspecified atom stereocenters. The van der Waals surface area contributed by atoms with Gasteiger partial charge < -0.3 is 15.0 Å². The van der Waals surface area contributed by atoms with Crippen LogP contribution in [0, 0.1) is 5.92 Å². The quantitative estimate of drug-likeness (QED) is 0.557. The lowest BCUT2D eigenvalue weighted by Crippen LogP contribution is -2.54. The van der Waals surface area contributed by atoms with Crippen molar-refractivity contribution < 1.29 is 23.9 Å². The molecule has 0 aromatic heterocycles. The highest BCUT2D eigenvalue weighted by atomic mass is 16.5. The number of carbonyl (C=O) groups excluding carboxylic acids is 4. The average Bonchev–Trinajstić information content (AvgIpc) is 2.94. The van der Waals surface area contributed by atoms with Crippen LogP contribution in [0.3, 0.4) is 0 Å². The van der Waals surface area contributed by atoms with Crippen LogP contribution >= 0.6 is 0 Å². The van der Waals surface area contributed by atoms with Crippen molar-refractivity contribution in [2.45, 2.75) is 89.3 Å².